The summed E-state index contributed by atoms with van der Waals surface area (Å²) in [5.41, 5.74) is 0.863. The van der Waals surface area contributed by atoms with Crippen LogP contribution < -0.4 is 4.74 Å². The normalized spacial score (nSPS) is 10.7. The summed E-state index contributed by atoms with van der Waals surface area (Å²) in [7, 11) is 1.60. The van der Waals surface area contributed by atoms with Crippen molar-refractivity contribution in [1.82, 2.24) is 0 Å². The summed E-state index contributed by atoms with van der Waals surface area (Å²) in [5.74, 6) is -0.181. The SMILES string of the molecule is COc1cccc(/C=N/OCc2ccc(C(=O)O)s2)c1. The highest BCUT2D eigenvalue weighted by molar-refractivity contribution is 7.13. The Hall–Kier alpha value is -2.34. The van der Waals surface area contributed by atoms with Crippen molar-refractivity contribution >= 4 is 23.5 Å². The number of carboxylic acid groups (broad SMARTS) is 1. The lowest BCUT2D eigenvalue weighted by atomic mass is 10.2. The van der Waals surface area contributed by atoms with Crippen LogP contribution in [0.1, 0.15) is 20.1 Å². The Bertz CT molecular complexity index is 621. The Morgan fingerprint density at radius 3 is 2.95 bits per heavy atom. The zero-order chi connectivity index (χ0) is 14.4. The van der Waals surface area contributed by atoms with Crippen LogP contribution in [0.5, 0.6) is 5.75 Å². The smallest absolute Gasteiger partial charge is 0.345 e. The van der Waals surface area contributed by atoms with E-state index in [0.717, 1.165) is 16.2 Å². The van der Waals surface area contributed by atoms with Gasteiger partial charge in [0.25, 0.3) is 0 Å². The van der Waals surface area contributed by atoms with Crippen LogP contribution in [0.2, 0.25) is 0 Å². The van der Waals surface area contributed by atoms with Crippen molar-refractivity contribution in [2.45, 2.75) is 6.61 Å². The molecule has 1 heterocycles. The van der Waals surface area contributed by atoms with E-state index in [0.29, 0.717) is 4.88 Å². The molecule has 1 aromatic carbocycles. The predicted octanol–water partition coefficient (Wildman–Crippen LogP) is 3.01. The van der Waals surface area contributed by atoms with Crippen LogP contribution in [0.15, 0.2) is 41.6 Å². The molecular formula is C14H13NO4S. The number of ether oxygens (including phenoxy) is 1. The molecule has 1 N–H and O–H groups in total. The van der Waals surface area contributed by atoms with E-state index >= 15 is 0 Å². The van der Waals surface area contributed by atoms with Gasteiger partial charge in [0.1, 0.15) is 10.6 Å². The van der Waals surface area contributed by atoms with Crippen LogP contribution in [0.4, 0.5) is 0 Å². The number of aromatic carboxylic acids is 1. The molecule has 2 aromatic rings. The summed E-state index contributed by atoms with van der Waals surface area (Å²) >= 11 is 1.17. The molecule has 0 radical (unpaired) electrons. The summed E-state index contributed by atoms with van der Waals surface area (Å²) in [4.78, 5) is 17.0. The van der Waals surface area contributed by atoms with E-state index in [9.17, 15) is 4.79 Å². The zero-order valence-corrected chi connectivity index (χ0v) is 11.6. The summed E-state index contributed by atoms with van der Waals surface area (Å²) in [6, 6.07) is 10.7. The summed E-state index contributed by atoms with van der Waals surface area (Å²) in [5, 5.41) is 12.6. The molecule has 0 bridgehead atoms. The van der Waals surface area contributed by atoms with Gasteiger partial charge in [0, 0.05) is 4.88 Å². The molecule has 20 heavy (non-hydrogen) atoms. The van der Waals surface area contributed by atoms with Gasteiger partial charge in [0.15, 0.2) is 6.61 Å². The monoisotopic (exact) mass is 291 g/mol. The molecule has 2 rings (SSSR count). The maximum absolute atomic E-state index is 10.7. The maximum Gasteiger partial charge on any atom is 0.345 e. The molecule has 5 nitrogen and oxygen atoms in total. The molecule has 6 heteroatoms. The third kappa shape index (κ3) is 3.83. The van der Waals surface area contributed by atoms with Crippen LogP contribution in [0.25, 0.3) is 0 Å². The minimum Gasteiger partial charge on any atom is -0.497 e. The molecule has 104 valence electrons. The minimum atomic E-state index is -0.930. The Kier molecular flexibility index (Phi) is 4.73. The fourth-order valence-electron chi connectivity index (χ4n) is 1.49. The second-order valence-corrected chi connectivity index (χ2v) is 5.02. The van der Waals surface area contributed by atoms with E-state index in [1.54, 1.807) is 25.5 Å². The summed E-state index contributed by atoms with van der Waals surface area (Å²) in [6.45, 7) is 0.248. The van der Waals surface area contributed by atoms with Crippen molar-refractivity contribution in [3.8, 4) is 5.75 Å². The number of methoxy groups -OCH3 is 1. The van der Waals surface area contributed by atoms with Crippen LogP contribution in [-0.2, 0) is 11.4 Å². The third-order valence-electron chi connectivity index (χ3n) is 2.45. The van der Waals surface area contributed by atoms with Gasteiger partial charge in [0.05, 0.1) is 13.3 Å². The number of oxime groups is 1. The topological polar surface area (TPSA) is 68.1 Å². The highest BCUT2D eigenvalue weighted by atomic mass is 32.1. The number of hydrogen-bond donors (Lipinski definition) is 1. The molecule has 0 fully saturated rings. The number of carbonyl (C=O) groups is 1. The molecule has 0 aliphatic heterocycles. The average Bonchev–Trinajstić information content (AvgIpc) is 2.93. The minimum absolute atomic E-state index is 0.248. The lowest BCUT2D eigenvalue weighted by Gasteiger charge is -1.99. The van der Waals surface area contributed by atoms with Crippen molar-refractivity contribution in [3.05, 3.63) is 51.7 Å². The van der Waals surface area contributed by atoms with E-state index in [2.05, 4.69) is 5.16 Å². The summed E-state index contributed by atoms with van der Waals surface area (Å²) < 4.78 is 5.10. The first-order chi connectivity index (χ1) is 9.69. The first-order valence-corrected chi connectivity index (χ1v) is 6.62. The first kappa shape index (κ1) is 14.1. The van der Waals surface area contributed by atoms with Crippen molar-refractivity contribution in [2.24, 2.45) is 5.16 Å². The van der Waals surface area contributed by atoms with Crippen molar-refractivity contribution in [3.63, 3.8) is 0 Å². The van der Waals surface area contributed by atoms with Gasteiger partial charge in [-0.2, -0.15) is 0 Å². The van der Waals surface area contributed by atoms with Gasteiger partial charge >= 0.3 is 5.97 Å². The third-order valence-corrected chi connectivity index (χ3v) is 3.50. The van der Waals surface area contributed by atoms with Crippen LogP contribution in [0.3, 0.4) is 0 Å². The molecule has 0 spiro atoms. The fourth-order valence-corrected chi connectivity index (χ4v) is 2.24. The van der Waals surface area contributed by atoms with E-state index in [1.165, 1.54) is 11.3 Å². The van der Waals surface area contributed by atoms with Crippen LogP contribution in [-0.4, -0.2) is 24.4 Å². The Labute approximate surface area is 120 Å². The number of carboxylic acids is 1. The largest absolute Gasteiger partial charge is 0.497 e. The van der Waals surface area contributed by atoms with Crippen molar-refractivity contribution < 1.29 is 19.5 Å². The molecule has 0 amide bonds. The molecule has 1 aromatic heterocycles. The molecular weight excluding hydrogens is 278 g/mol. The molecule has 0 aliphatic carbocycles. The van der Waals surface area contributed by atoms with Gasteiger partial charge in [0.2, 0.25) is 0 Å². The van der Waals surface area contributed by atoms with E-state index in [1.807, 2.05) is 24.3 Å². The second-order valence-electron chi connectivity index (χ2n) is 3.86. The van der Waals surface area contributed by atoms with Gasteiger partial charge in [-0.05, 0) is 29.8 Å². The van der Waals surface area contributed by atoms with Gasteiger partial charge < -0.3 is 14.7 Å². The molecule has 0 saturated carbocycles. The number of nitrogens with zero attached hydrogens (tertiary/aromatic N) is 1. The zero-order valence-electron chi connectivity index (χ0n) is 10.8. The standard InChI is InChI=1S/C14H13NO4S/c1-18-11-4-2-3-10(7-11)8-15-19-9-12-5-6-13(20-12)14(16)17/h2-8H,9H2,1H3,(H,16,17)/b15-8+. The van der Waals surface area contributed by atoms with E-state index in [-0.39, 0.29) is 6.61 Å². The van der Waals surface area contributed by atoms with Crippen molar-refractivity contribution in [2.75, 3.05) is 7.11 Å². The van der Waals surface area contributed by atoms with Crippen molar-refractivity contribution in [1.29, 1.82) is 0 Å². The van der Waals surface area contributed by atoms with Gasteiger partial charge in [-0.1, -0.05) is 17.3 Å². The lowest BCUT2D eigenvalue weighted by molar-refractivity contribution is 0.0702. The quantitative estimate of drug-likeness (QED) is 0.656. The maximum atomic E-state index is 10.7. The number of rotatable bonds is 6. The number of thiophene rings is 1. The molecule has 0 saturated heterocycles. The molecule has 0 aliphatic rings. The first-order valence-electron chi connectivity index (χ1n) is 5.80. The van der Waals surface area contributed by atoms with Crippen LogP contribution in [0, 0.1) is 0 Å². The van der Waals surface area contributed by atoms with E-state index < -0.39 is 5.97 Å². The van der Waals surface area contributed by atoms with Gasteiger partial charge in [-0.3, -0.25) is 0 Å². The van der Waals surface area contributed by atoms with Gasteiger partial charge in [-0.25, -0.2) is 4.79 Å². The molecule has 0 unspecified atom stereocenters. The summed E-state index contributed by atoms with van der Waals surface area (Å²) in [6.07, 6.45) is 1.58. The Morgan fingerprint density at radius 2 is 2.25 bits per heavy atom. The second kappa shape index (κ2) is 6.72. The average molecular weight is 291 g/mol. The van der Waals surface area contributed by atoms with Crippen LogP contribution >= 0.6 is 11.3 Å². The predicted molar refractivity (Wildman–Crippen MR) is 76.7 cm³/mol. The number of benzene rings is 1. The van der Waals surface area contributed by atoms with E-state index in [4.69, 9.17) is 14.7 Å². The fraction of sp³-hybridized carbons (Fsp3) is 0.143. The highest BCUT2D eigenvalue weighted by Gasteiger charge is 2.06. The number of hydrogen-bond acceptors (Lipinski definition) is 5. The molecule has 0 atom stereocenters. The lowest BCUT2D eigenvalue weighted by Crippen LogP contribution is -1.90. The highest BCUT2D eigenvalue weighted by Crippen LogP contribution is 2.17. The Morgan fingerprint density at radius 1 is 1.40 bits per heavy atom. The van der Waals surface area contributed by atoms with Gasteiger partial charge in [-0.15, -0.1) is 11.3 Å². The Balaban J connectivity index is 1.88.